The van der Waals surface area contributed by atoms with Crippen molar-refractivity contribution in [2.45, 2.75) is 20.4 Å². The van der Waals surface area contributed by atoms with Crippen LogP contribution in [0.3, 0.4) is 0 Å². The number of carbonyl (C=O) groups excluding carboxylic acids is 1. The average Bonchev–Trinajstić information content (AvgIpc) is 2.95. The first kappa shape index (κ1) is 17.3. The third-order valence-corrected chi connectivity index (χ3v) is 4.00. The Morgan fingerprint density at radius 3 is 2.58 bits per heavy atom. The summed E-state index contributed by atoms with van der Waals surface area (Å²) in [6.07, 6.45) is 3.37. The molecule has 0 bridgehead atoms. The topological polar surface area (TPSA) is 103 Å². The zero-order valence-corrected chi connectivity index (χ0v) is 14.3. The second-order valence-electron chi connectivity index (χ2n) is 5.78. The molecule has 0 unspecified atom stereocenters. The summed E-state index contributed by atoms with van der Waals surface area (Å²) in [5.41, 5.74) is 3.31. The van der Waals surface area contributed by atoms with Gasteiger partial charge in [0, 0.05) is 31.1 Å². The van der Waals surface area contributed by atoms with Gasteiger partial charge >= 0.3 is 0 Å². The molecular formula is C18H17N5O3. The maximum absolute atomic E-state index is 12.6. The molecule has 0 radical (unpaired) electrons. The highest BCUT2D eigenvalue weighted by Crippen LogP contribution is 2.20. The lowest BCUT2D eigenvalue weighted by Gasteiger charge is -2.07. The van der Waals surface area contributed by atoms with Crippen LogP contribution < -0.4 is 5.32 Å². The maximum atomic E-state index is 12.6. The Labute approximate surface area is 149 Å². The number of amides is 1. The molecular weight excluding hydrogens is 334 g/mol. The fourth-order valence-electron chi connectivity index (χ4n) is 2.71. The van der Waals surface area contributed by atoms with Gasteiger partial charge < -0.3 is 5.32 Å². The van der Waals surface area contributed by atoms with Crippen molar-refractivity contribution in [2.24, 2.45) is 0 Å². The van der Waals surface area contributed by atoms with E-state index in [-0.39, 0.29) is 11.6 Å². The molecule has 1 N–H and O–H groups in total. The number of nitro groups is 1. The predicted molar refractivity (Wildman–Crippen MR) is 95.1 cm³/mol. The summed E-state index contributed by atoms with van der Waals surface area (Å²) in [7, 11) is 0. The van der Waals surface area contributed by atoms with Gasteiger partial charge in [-0.05, 0) is 37.6 Å². The van der Waals surface area contributed by atoms with Crippen molar-refractivity contribution in [1.29, 1.82) is 0 Å². The molecule has 3 rings (SSSR count). The van der Waals surface area contributed by atoms with Crippen molar-refractivity contribution in [3.63, 3.8) is 0 Å². The van der Waals surface area contributed by atoms with Crippen LogP contribution >= 0.6 is 0 Å². The number of rotatable bonds is 5. The third kappa shape index (κ3) is 3.44. The van der Waals surface area contributed by atoms with Crippen molar-refractivity contribution in [2.75, 3.05) is 0 Å². The van der Waals surface area contributed by atoms with E-state index in [1.807, 2.05) is 12.1 Å². The van der Waals surface area contributed by atoms with Gasteiger partial charge in [0.25, 0.3) is 11.6 Å². The number of nitro benzene ring substituents is 1. The molecule has 2 heterocycles. The molecule has 0 atom stereocenters. The Bertz CT molecular complexity index is 949. The van der Waals surface area contributed by atoms with Crippen LogP contribution in [0.4, 0.5) is 5.69 Å². The summed E-state index contributed by atoms with van der Waals surface area (Å²) < 4.78 is 1.61. The normalized spacial score (nSPS) is 10.5. The zero-order valence-electron chi connectivity index (χ0n) is 14.3. The Balaban J connectivity index is 1.83. The minimum absolute atomic E-state index is 0.00437. The SMILES string of the molecule is Cc1nn(-c2ccc([N+](=O)[O-])cc2)c(C)c1C(=O)NCc1cccnc1. The lowest BCUT2D eigenvalue weighted by molar-refractivity contribution is -0.384. The second kappa shape index (κ2) is 7.14. The van der Waals surface area contributed by atoms with E-state index >= 15 is 0 Å². The molecule has 0 aliphatic heterocycles. The largest absolute Gasteiger partial charge is 0.348 e. The van der Waals surface area contributed by atoms with E-state index < -0.39 is 4.92 Å². The van der Waals surface area contributed by atoms with Crippen LogP contribution in [0.5, 0.6) is 0 Å². The average molecular weight is 351 g/mol. The summed E-state index contributed by atoms with van der Waals surface area (Å²) in [6.45, 7) is 3.92. The minimum atomic E-state index is -0.456. The van der Waals surface area contributed by atoms with E-state index in [0.29, 0.717) is 29.2 Å². The summed E-state index contributed by atoms with van der Waals surface area (Å²) in [6, 6.07) is 9.73. The highest BCUT2D eigenvalue weighted by molar-refractivity contribution is 5.96. The first-order valence-corrected chi connectivity index (χ1v) is 7.95. The number of benzene rings is 1. The van der Waals surface area contributed by atoms with Crippen LogP contribution in [-0.4, -0.2) is 25.6 Å². The predicted octanol–water partition coefficient (Wildman–Crippen LogP) is 2.72. The van der Waals surface area contributed by atoms with Crippen LogP contribution in [0.15, 0.2) is 48.8 Å². The highest BCUT2D eigenvalue weighted by atomic mass is 16.6. The van der Waals surface area contributed by atoms with Crippen molar-refractivity contribution in [3.8, 4) is 5.69 Å². The lowest BCUT2D eigenvalue weighted by Crippen LogP contribution is -2.24. The zero-order chi connectivity index (χ0) is 18.7. The van der Waals surface area contributed by atoms with E-state index in [4.69, 9.17) is 0 Å². The smallest absolute Gasteiger partial charge is 0.269 e. The van der Waals surface area contributed by atoms with Crippen LogP contribution in [0, 0.1) is 24.0 Å². The van der Waals surface area contributed by atoms with Crippen molar-refractivity contribution >= 4 is 11.6 Å². The van der Waals surface area contributed by atoms with Crippen molar-refractivity contribution in [3.05, 3.63) is 81.4 Å². The summed E-state index contributed by atoms with van der Waals surface area (Å²) in [5.74, 6) is -0.225. The number of nitrogens with one attached hydrogen (secondary N) is 1. The van der Waals surface area contributed by atoms with Crippen molar-refractivity contribution in [1.82, 2.24) is 20.1 Å². The molecule has 132 valence electrons. The van der Waals surface area contributed by atoms with E-state index in [1.165, 1.54) is 12.1 Å². The summed E-state index contributed by atoms with van der Waals surface area (Å²) >= 11 is 0. The fraction of sp³-hybridized carbons (Fsp3) is 0.167. The Morgan fingerprint density at radius 1 is 1.23 bits per heavy atom. The van der Waals surface area contributed by atoms with Gasteiger partial charge in [-0.3, -0.25) is 19.9 Å². The van der Waals surface area contributed by atoms with Gasteiger partial charge in [-0.15, -0.1) is 0 Å². The van der Waals surface area contributed by atoms with Crippen LogP contribution in [-0.2, 0) is 6.54 Å². The summed E-state index contributed by atoms with van der Waals surface area (Å²) in [5, 5.41) is 18.0. The van der Waals surface area contributed by atoms with Crippen LogP contribution in [0.1, 0.15) is 27.3 Å². The number of hydrogen-bond donors (Lipinski definition) is 1. The number of non-ortho nitro benzene ring substituents is 1. The van der Waals surface area contributed by atoms with E-state index in [9.17, 15) is 14.9 Å². The molecule has 8 heteroatoms. The molecule has 1 amide bonds. The molecule has 26 heavy (non-hydrogen) atoms. The van der Waals surface area contributed by atoms with Gasteiger partial charge in [-0.1, -0.05) is 6.07 Å². The highest BCUT2D eigenvalue weighted by Gasteiger charge is 2.19. The quantitative estimate of drug-likeness (QED) is 0.562. The number of pyridine rings is 1. The first-order valence-electron chi connectivity index (χ1n) is 7.95. The molecule has 0 saturated heterocycles. The maximum Gasteiger partial charge on any atom is 0.269 e. The molecule has 0 saturated carbocycles. The van der Waals surface area contributed by atoms with E-state index in [2.05, 4.69) is 15.4 Å². The molecule has 2 aromatic heterocycles. The Hall–Kier alpha value is -3.55. The molecule has 1 aromatic carbocycles. The third-order valence-electron chi connectivity index (χ3n) is 4.00. The van der Waals surface area contributed by atoms with Crippen molar-refractivity contribution < 1.29 is 9.72 Å². The van der Waals surface area contributed by atoms with Gasteiger partial charge in [0.15, 0.2) is 0 Å². The molecule has 0 aliphatic rings. The first-order chi connectivity index (χ1) is 12.5. The van der Waals surface area contributed by atoms with E-state index in [0.717, 1.165) is 5.56 Å². The standard InChI is InChI=1S/C18H17N5O3/c1-12-17(18(24)20-11-14-4-3-9-19-10-14)13(2)22(21-12)15-5-7-16(8-6-15)23(25)26/h3-10H,11H2,1-2H3,(H,20,24). The molecule has 3 aromatic rings. The summed E-state index contributed by atoms with van der Waals surface area (Å²) in [4.78, 5) is 26.9. The second-order valence-corrected chi connectivity index (χ2v) is 5.78. The van der Waals surface area contributed by atoms with E-state index in [1.54, 1.807) is 43.1 Å². The molecule has 0 fully saturated rings. The minimum Gasteiger partial charge on any atom is -0.348 e. The number of aromatic nitrogens is 3. The van der Waals surface area contributed by atoms with Crippen LogP contribution in [0.2, 0.25) is 0 Å². The molecule has 0 spiro atoms. The fourth-order valence-corrected chi connectivity index (χ4v) is 2.71. The van der Waals surface area contributed by atoms with Gasteiger partial charge in [-0.2, -0.15) is 5.10 Å². The lowest BCUT2D eigenvalue weighted by atomic mass is 10.1. The number of hydrogen-bond acceptors (Lipinski definition) is 5. The monoisotopic (exact) mass is 351 g/mol. The van der Waals surface area contributed by atoms with Gasteiger partial charge in [-0.25, -0.2) is 4.68 Å². The van der Waals surface area contributed by atoms with Gasteiger partial charge in [0.05, 0.1) is 27.6 Å². The number of nitrogens with zero attached hydrogens (tertiary/aromatic N) is 4. The Kier molecular flexibility index (Phi) is 4.74. The van der Waals surface area contributed by atoms with Crippen LogP contribution in [0.25, 0.3) is 5.69 Å². The number of carbonyl (C=O) groups is 1. The van der Waals surface area contributed by atoms with Gasteiger partial charge in [0.2, 0.25) is 0 Å². The number of aryl methyl sites for hydroxylation is 1. The Morgan fingerprint density at radius 2 is 1.96 bits per heavy atom. The molecule has 8 nitrogen and oxygen atoms in total. The molecule has 0 aliphatic carbocycles. The van der Waals surface area contributed by atoms with Gasteiger partial charge in [0.1, 0.15) is 0 Å².